The lowest BCUT2D eigenvalue weighted by molar-refractivity contribution is 1.44. The Bertz CT molecular complexity index is 45.6. The second kappa shape index (κ2) is 1.27. The van der Waals surface area contributed by atoms with Crippen molar-refractivity contribution < 1.29 is 0 Å². The predicted molar refractivity (Wildman–Crippen MR) is 23.7 cm³/mol. The number of hydrogen-bond donors (Lipinski definition) is 2. The molecule has 1 aliphatic rings. The van der Waals surface area contributed by atoms with Gasteiger partial charge in [-0.15, -0.1) is 0 Å². The summed E-state index contributed by atoms with van der Waals surface area (Å²) in [6.07, 6.45) is 3.77. The Morgan fingerprint density at radius 1 is 1.20 bits per heavy atom. The summed E-state index contributed by atoms with van der Waals surface area (Å²) in [4.78, 5) is 0. The van der Waals surface area contributed by atoms with Crippen LogP contribution in [0.25, 0.3) is 0 Å². The first kappa shape index (κ1) is 2.98. The van der Waals surface area contributed by atoms with Crippen LogP contribution in [-0.4, -0.2) is 0 Å². The summed E-state index contributed by atoms with van der Waals surface area (Å²) in [5.74, 6) is 0. The van der Waals surface area contributed by atoms with Gasteiger partial charge in [-0.3, -0.25) is 0 Å². The van der Waals surface area contributed by atoms with Gasteiger partial charge in [-0.2, -0.15) is 0 Å². The minimum atomic E-state index is 0.698. The Morgan fingerprint density at radius 3 is 2.00 bits per heavy atom. The van der Waals surface area contributed by atoms with E-state index in [2.05, 4.69) is 10.2 Å². The lowest BCUT2D eigenvalue weighted by Crippen LogP contribution is -1.83. The average molecular weight is 88.0 g/mol. The van der Waals surface area contributed by atoms with Crippen molar-refractivity contribution in [3.05, 3.63) is 12.4 Å². The van der Waals surface area contributed by atoms with Crippen LogP contribution in [0.3, 0.4) is 0 Å². The van der Waals surface area contributed by atoms with Crippen molar-refractivity contribution in [2.24, 2.45) is 0 Å². The van der Waals surface area contributed by atoms with E-state index in [9.17, 15) is 0 Å². The van der Waals surface area contributed by atoms with Gasteiger partial charge >= 0.3 is 0 Å². The second-order valence-corrected chi connectivity index (χ2v) is 1.57. The van der Waals surface area contributed by atoms with Crippen LogP contribution in [-0.2, 0) is 0 Å². The van der Waals surface area contributed by atoms with Gasteiger partial charge in [0.2, 0.25) is 0 Å². The maximum absolute atomic E-state index is 2.96. The minimum absolute atomic E-state index is 0.698. The van der Waals surface area contributed by atoms with Gasteiger partial charge in [-0.1, -0.05) is 0 Å². The molecule has 1 aliphatic heterocycles. The lowest BCUT2D eigenvalue weighted by atomic mass is 11.0. The molecule has 1 rings (SSSR count). The molecule has 5 heavy (non-hydrogen) atoms. The van der Waals surface area contributed by atoms with Crippen molar-refractivity contribution in [1.82, 2.24) is 10.2 Å². The third-order valence-electron chi connectivity index (χ3n) is 0.394. The lowest BCUT2D eigenvalue weighted by Gasteiger charge is -1.81. The summed E-state index contributed by atoms with van der Waals surface area (Å²) in [6.45, 7) is 0. The Balaban J connectivity index is 2.32. The van der Waals surface area contributed by atoms with E-state index in [0.717, 1.165) is 0 Å². The topological polar surface area (TPSA) is 24.1 Å². The zero-order valence-corrected chi connectivity index (χ0v) is 3.65. The van der Waals surface area contributed by atoms with Crippen molar-refractivity contribution in [3.8, 4) is 0 Å². The highest BCUT2D eigenvalue weighted by Crippen LogP contribution is 1.98. The zero-order chi connectivity index (χ0) is 3.54. The quantitative estimate of drug-likeness (QED) is 0.412. The summed E-state index contributed by atoms with van der Waals surface area (Å²) in [6, 6.07) is 0. The molecule has 0 saturated heterocycles. The van der Waals surface area contributed by atoms with Crippen molar-refractivity contribution in [1.29, 1.82) is 0 Å². The summed E-state index contributed by atoms with van der Waals surface area (Å²) in [7, 11) is 0.698. The van der Waals surface area contributed by atoms with Gasteiger partial charge < -0.3 is 10.2 Å². The molecule has 2 N–H and O–H groups in total. The first-order valence-corrected chi connectivity index (χ1v) is 2.41. The van der Waals surface area contributed by atoms with Gasteiger partial charge in [0.1, 0.15) is 0 Å². The molecule has 0 aromatic rings. The molecule has 0 saturated carbocycles. The molecule has 0 atom stereocenters. The molecule has 0 radical (unpaired) electrons. The summed E-state index contributed by atoms with van der Waals surface area (Å²) >= 11 is 0. The van der Waals surface area contributed by atoms with Crippen molar-refractivity contribution in [3.63, 3.8) is 0 Å². The molecule has 3 heteroatoms. The van der Waals surface area contributed by atoms with Crippen molar-refractivity contribution >= 4 is 8.88 Å². The van der Waals surface area contributed by atoms with Gasteiger partial charge in [0.05, 0.1) is 8.88 Å². The largest absolute Gasteiger partial charge is 0.355 e. The third kappa shape index (κ3) is 0.519. The predicted octanol–water partition coefficient (Wildman–Crippen LogP) is 0.159. The number of nitrogens with one attached hydrogen (secondary N) is 2. The molecule has 0 spiro atoms. The molecule has 0 bridgehead atoms. The van der Waals surface area contributed by atoms with Gasteiger partial charge in [-0.05, 0) is 0 Å². The Kier molecular flexibility index (Phi) is 0.758. The highest BCUT2D eigenvalue weighted by molar-refractivity contribution is 7.33. The Hall–Kier alpha value is -0.230. The number of hydrogen-bond acceptors (Lipinski definition) is 2. The molecular weight excluding hydrogens is 83.0 g/mol. The van der Waals surface area contributed by atoms with Crippen LogP contribution >= 0.6 is 8.88 Å². The molecular formula is C2H5N2P. The fraction of sp³-hybridized carbons (Fsp3) is 0. The van der Waals surface area contributed by atoms with Gasteiger partial charge in [0.25, 0.3) is 0 Å². The van der Waals surface area contributed by atoms with E-state index in [4.69, 9.17) is 0 Å². The van der Waals surface area contributed by atoms with Crippen LogP contribution in [0.5, 0.6) is 0 Å². The SMILES string of the molecule is C1=CNPN1. The summed E-state index contributed by atoms with van der Waals surface area (Å²) in [5.41, 5.74) is 0. The van der Waals surface area contributed by atoms with Crippen molar-refractivity contribution in [2.75, 3.05) is 0 Å². The fourth-order valence-electron chi connectivity index (χ4n) is 0.208. The van der Waals surface area contributed by atoms with Gasteiger partial charge in [-0.25, -0.2) is 0 Å². The van der Waals surface area contributed by atoms with Crippen LogP contribution in [0.2, 0.25) is 0 Å². The second-order valence-electron chi connectivity index (χ2n) is 0.747. The van der Waals surface area contributed by atoms with Gasteiger partial charge in [0.15, 0.2) is 0 Å². The van der Waals surface area contributed by atoms with E-state index < -0.39 is 0 Å². The summed E-state index contributed by atoms with van der Waals surface area (Å²) < 4.78 is 0. The highest BCUT2D eigenvalue weighted by atomic mass is 31.1. The van der Waals surface area contributed by atoms with E-state index in [0.29, 0.717) is 8.88 Å². The molecule has 0 aliphatic carbocycles. The van der Waals surface area contributed by atoms with E-state index in [-0.39, 0.29) is 0 Å². The van der Waals surface area contributed by atoms with E-state index in [1.54, 1.807) is 0 Å². The van der Waals surface area contributed by atoms with Gasteiger partial charge in [0, 0.05) is 12.4 Å². The van der Waals surface area contributed by atoms with E-state index in [1.165, 1.54) is 0 Å². The van der Waals surface area contributed by atoms with Crippen LogP contribution in [0.1, 0.15) is 0 Å². The van der Waals surface area contributed by atoms with Crippen LogP contribution < -0.4 is 10.2 Å². The van der Waals surface area contributed by atoms with Crippen LogP contribution in [0.4, 0.5) is 0 Å². The standard InChI is InChI=1S/C2H5N2P/c1-2-4-5-3-1/h1-5H. The molecule has 1 heterocycles. The van der Waals surface area contributed by atoms with Crippen molar-refractivity contribution in [2.45, 2.75) is 0 Å². The average Bonchev–Trinajstić information content (AvgIpc) is 1.76. The maximum Gasteiger partial charge on any atom is 0.0735 e. The molecule has 28 valence electrons. The molecule has 2 nitrogen and oxygen atoms in total. The first-order chi connectivity index (χ1) is 2.50. The van der Waals surface area contributed by atoms with Crippen LogP contribution in [0.15, 0.2) is 12.4 Å². The minimum Gasteiger partial charge on any atom is -0.355 e. The van der Waals surface area contributed by atoms with E-state index in [1.807, 2.05) is 12.4 Å². The molecule has 0 aromatic carbocycles. The van der Waals surface area contributed by atoms with E-state index >= 15 is 0 Å². The third-order valence-corrected chi connectivity index (χ3v) is 1.02. The fourth-order valence-corrected chi connectivity index (χ4v) is 0.625. The zero-order valence-electron chi connectivity index (χ0n) is 2.65. The maximum atomic E-state index is 2.96. The molecule has 0 amide bonds. The molecule has 0 fully saturated rings. The molecule has 0 unspecified atom stereocenters. The smallest absolute Gasteiger partial charge is 0.0735 e. The summed E-state index contributed by atoms with van der Waals surface area (Å²) in [5, 5.41) is 5.92. The molecule has 0 aromatic heterocycles. The Labute approximate surface area is 32.5 Å². The Morgan fingerprint density at radius 2 is 1.80 bits per heavy atom. The first-order valence-electron chi connectivity index (χ1n) is 1.41. The monoisotopic (exact) mass is 88.0 g/mol. The number of rotatable bonds is 0. The highest BCUT2D eigenvalue weighted by Gasteiger charge is 1.78. The van der Waals surface area contributed by atoms with Crippen LogP contribution in [0, 0.1) is 0 Å². The normalized spacial score (nSPS) is 17.6.